The van der Waals surface area contributed by atoms with Crippen molar-refractivity contribution in [3.05, 3.63) is 24.3 Å². The third kappa shape index (κ3) is 8.61. The SMILES string of the molecule is C/C=C/C=N/NC(=S)N/N=C/C=C/C. The van der Waals surface area contributed by atoms with E-state index >= 15 is 0 Å². The Hall–Kier alpha value is -1.49. The van der Waals surface area contributed by atoms with E-state index < -0.39 is 0 Å². The summed E-state index contributed by atoms with van der Waals surface area (Å²) in [4.78, 5) is 0. The standard InChI is InChI=1S/C9H14N4S/c1-3-5-7-10-12-9(14)13-11-8-6-4-2/h3-8H,1-2H3,(H2,12,13,14)/b5-3+,6-4+,10-7+,11-8+. The summed E-state index contributed by atoms with van der Waals surface area (Å²) < 4.78 is 0. The quantitative estimate of drug-likeness (QED) is 0.421. The van der Waals surface area contributed by atoms with E-state index in [1.54, 1.807) is 24.6 Å². The van der Waals surface area contributed by atoms with Gasteiger partial charge in [-0.05, 0) is 38.2 Å². The van der Waals surface area contributed by atoms with Gasteiger partial charge in [-0.3, -0.25) is 10.9 Å². The molecule has 4 nitrogen and oxygen atoms in total. The molecular formula is C9H14N4S. The fraction of sp³-hybridized carbons (Fsp3) is 0.222. The van der Waals surface area contributed by atoms with Gasteiger partial charge in [-0.1, -0.05) is 12.2 Å². The molecule has 0 spiro atoms. The zero-order valence-electron chi connectivity index (χ0n) is 8.27. The number of hydrogen-bond donors (Lipinski definition) is 2. The second kappa shape index (κ2) is 9.60. The number of hydrazone groups is 2. The summed E-state index contributed by atoms with van der Waals surface area (Å²) in [5, 5.41) is 7.96. The Morgan fingerprint density at radius 3 is 1.79 bits per heavy atom. The highest BCUT2D eigenvalue weighted by Crippen LogP contribution is 1.69. The minimum absolute atomic E-state index is 0.353. The molecule has 0 aromatic carbocycles. The molecule has 76 valence electrons. The fourth-order valence-electron chi connectivity index (χ4n) is 0.475. The Balaban J connectivity index is 3.65. The number of thiocarbonyl (C=S) groups is 1. The molecule has 0 aromatic heterocycles. The van der Waals surface area contributed by atoms with Crippen LogP contribution in [0.2, 0.25) is 0 Å². The van der Waals surface area contributed by atoms with Gasteiger partial charge in [-0.25, -0.2) is 0 Å². The van der Waals surface area contributed by atoms with Crippen molar-refractivity contribution in [2.75, 3.05) is 0 Å². The molecule has 0 atom stereocenters. The summed E-state index contributed by atoms with van der Waals surface area (Å²) in [6.07, 6.45) is 10.5. The van der Waals surface area contributed by atoms with Crippen LogP contribution in [0.25, 0.3) is 0 Å². The summed E-state index contributed by atoms with van der Waals surface area (Å²) in [6.45, 7) is 3.81. The molecule has 0 bridgehead atoms. The molecular weight excluding hydrogens is 196 g/mol. The first kappa shape index (κ1) is 12.5. The van der Waals surface area contributed by atoms with Gasteiger partial charge in [0.05, 0.1) is 0 Å². The summed E-state index contributed by atoms with van der Waals surface area (Å²) in [6, 6.07) is 0. The average Bonchev–Trinajstić information content (AvgIpc) is 2.19. The molecule has 0 fully saturated rings. The average molecular weight is 210 g/mol. The van der Waals surface area contributed by atoms with E-state index in [2.05, 4.69) is 21.1 Å². The van der Waals surface area contributed by atoms with Gasteiger partial charge in [0.1, 0.15) is 0 Å². The molecule has 0 radical (unpaired) electrons. The van der Waals surface area contributed by atoms with Gasteiger partial charge in [-0.2, -0.15) is 10.2 Å². The largest absolute Gasteiger partial charge is 0.252 e. The molecule has 0 aliphatic rings. The van der Waals surface area contributed by atoms with Crippen LogP contribution in [0.1, 0.15) is 13.8 Å². The van der Waals surface area contributed by atoms with E-state index in [-0.39, 0.29) is 0 Å². The predicted octanol–water partition coefficient (Wildman–Crippen LogP) is 1.57. The molecule has 0 aromatic rings. The first-order valence-electron chi connectivity index (χ1n) is 4.16. The normalized spacial score (nSPS) is 12.1. The third-order valence-corrected chi connectivity index (χ3v) is 1.22. The lowest BCUT2D eigenvalue weighted by Crippen LogP contribution is -2.27. The zero-order valence-corrected chi connectivity index (χ0v) is 9.08. The van der Waals surface area contributed by atoms with Crippen LogP contribution >= 0.6 is 12.2 Å². The van der Waals surface area contributed by atoms with Crippen LogP contribution in [-0.2, 0) is 0 Å². The molecule has 2 N–H and O–H groups in total. The Labute approximate surface area is 89.5 Å². The molecule has 0 amide bonds. The molecule has 0 saturated carbocycles. The van der Waals surface area contributed by atoms with Crippen LogP contribution in [-0.4, -0.2) is 17.5 Å². The van der Waals surface area contributed by atoms with Crippen molar-refractivity contribution in [1.82, 2.24) is 10.9 Å². The molecule has 14 heavy (non-hydrogen) atoms. The van der Waals surface area contributed by atoms with Crippen molar-refractivity contribution in [1.29, 1.82) is 0 Å². The third-order valence-electron chi connectivity index (χ3n) is 1.04. The van der Waals surface area contributed by atoms with Crippen LogP contribution in [0.5, 0.6) is 0 Å². The zero-order chi connectivity index (χ0) is 10.6. The molecule has 0 heterocycles. The Morgan fingerprint density at radius 2 is 1.43 bits per heavy atom. The van der Waals surface area contributed by atoms with Gasteiger partial charge in [0, 0.05) is 12.4 Å². The van der Waals surface area contributed by atoms with Crippen LogP contribution in [0.4, 0.5) is 0 Å². The van der Waals surface area contributed by atoms with E-state index in [9.17, 15) is 0 Å². The van der Waals surface area contributed by atoms with E-state index in [1.807, 2.05) is 26.0 Å². The van der Waals surface area contributed by atoms with Crippen LogP contribution in [0.15, 0.2) is 34.5 Å². The van der Waals surface area contributed by atoms with E-state index in [1.165, 1.54) is 0 Å². The number of nitrogens with one attached hydrogen (secondary N) is 2. The summed E-state index contributed by atoms with van der Waals surface area (Å²) in [5.41, 5.74) is 5.19. The Kier molecular flexibility index (Phi) is 8.58. The summed E-state index contributed by atoms with van der Waals surface area (Å²) >= 11 is 4.86. The molecule has 0 saturated heterocycles. The second-order valence-corrected chi connectivity index (χ2v) is 2.57. The summed E-state index contributed by atoms with van der Waals surface area (Å²) in [7, 11) is 0. The fourth-order valence-corrected chi connectivity index (χ4v) is 0.580. The van der Waals surface area contributed by atoms with Gasteiger partial charge in [0.15, 0.2) is 0 Å². The maximum absolute atomic E-state index is 4.86. The molecule has 0 rings (SSSR count). The number of rotatable bonds is 4. The predicted molar refractivity (Wildman–Crippen MR) is 65.5 cm³/mol. The van der Waals surface area contributed by atoms with Gasteiger partial charge in [-0.15, -0.1) is 0 Å². The topological polar surface area (TPSA) is 48.8 Å². The monoisotopic (exact) mass is 210 g/mol. The maximum Gasteiger partial charge on any atom is 0.207 e. The highest BCUT2D eigenvalue weighted by atomic mass is 32.1. The minimum Gasteiger partial charge on any atom is -0.252 e. The first-order chi connectivity index (χ1) is 6.81. The molecule has 0 unspecified atom stereocenters. The highest BCUT2D eigenvalue weighted by Gasteiger charge is 1.85. The van der Waals surface area contributed by atoms with Crippen molar-refractivity contribution < 1.29 is 0 Å². The van der Waals surface area contributed by atoms with Gasteiger partial charge < -0.3 is 0 Å². The van der Waals surface area contributed by atoms with Crippen LogP contribution in [0.3, 0.4) is 0 Å². The number of nitrogens with zero attached hydrogens (tertiary/aromatic N) is 2. The van der Waals surface area contributed by atoms with E-state index in [0.29, 0.717) is 5.11 Å². The van der Waals surface area contributed by atoms with Crippen molar-refractivity contribution >= 4 is 29.8 Å². The van der Waals surface area contributed by atoms with Crippen molar-refractivity contribution in [2.45, 2.75) is 13.8 Å². The Bertz CT molecular complexity index is 240. The number of hydrogen-bond acceptors (Lipinski definition) is 3. The van der Waals surface area contributed by atoms with Gasteiger partial charge in [0.2, 0.25) is 5.11 Å². The van der Waals surface area contributed by atoms with Gasteiger partial charge in [0.25, 0.3) is 0 Å². The van der Waals surface area contributed by atoms with Crippen molar-refractivity contribution in [2.24, 2.45) is 10.2 Å². The lowest BCUT2D eigenvalue weighted by Gasteiger charge is -1.98. The van der Waals surface area contributed by atoms with E-state index in [4.69, 9.17) is 12.2 Å². The summed E-state index contributed by atoms with van der Waals surface area (Å²) in [5.74, 6) is 0. The van der Waals surface area contributed by atoms with Gasteiger partial charge >= 0.3 is 0 Å². The van der Waals surface area contributed by atoms with Crippen LogP contribution in [0, 0.1) is 0 Å². The first-order valence-corrected chi connectivity index (χ1v) is 4.56. The molecule has 5 heteroatoms. The smallest absolute Gasteiger partial charge is 0.207 e. The Morgan fingerprint density at radius 1 is 1.00 bits per heavy atom. The van der Waals surface area contributed by atoms with E-state index in [0.717, 1.165) is 0 Å². The second-order valence-electron chi connectivity index (χ2n) is 2.16. The lowest BCUT2D eigenvalue weighted by atomic mass is 10.6. The van der Waals surface area contributed by atoms with Crippen LogP contribution < -0.4 is 10.9 Å². The molecule has 0 aliphatic heterocycles. The van der Waals surface area contributed by atoms with Crippen molar-refractivity contribution in [3.63, 3.8) is 0 Å². The molecule has 0 aliphatic carbocycles. The minimum atomic E-state index is 0.353. The van der Waals surface area contributed by atoms with Crippen molar-refractivity contribution in [3.8, 4) is 0 Å². The lowest BCUT2D eigenvalue weighted by molar-refractivity contribution is 0.936. The highest BCUT2D eigenvalue weighted by molar-refractivity contribution is 7.80. The number of allylic oxidation sites excluding steroid dienone is 4. The maximum atomic E-state index is 4.86.